The molecule has 2 aliphatic heterocycles. The maximum atomic E-state index is 13.0. The second-order valence-corrected chi connectivity index (χ2v) is 6.92. The van der Waals surface area contributed by atoms with Crippen LogP contribution in [0.2, 0.25) is 0 Å². The van der Waals surface area contributed by atoms with Gasteiger partial charge in [-0.05, 0) is 41.5 Å². The van der Waals surface area contributed by atoms with Crippen LogP contribution in [-0.4, -0.2) is 22.5 Å². The molecule has 1 amide bonds. The highest BCUT2D eigenvalue weighted by Gasteiger charge is 2.25. The normalized spacial score (nSPS) is 17.1. The lowest BCUT2D eigenvalue weighted by atomic mass is 10.1. The van der Waals surface area contributed by atoms with E-state index in [1.807, 2.05) is 18.2 Å². The summed E-state index contributed by atoms with van der Waals surface area (Å²) in [6.07, 6.45) is -0.188. The Morgan fingerprint density at radius 1 is 1.14 bits per heavy atom. The predicted molar refractivity (Wildman–Crippen MR) is 99.9 cm³/mol. The zero-order valence-corrected chi connectivity index (χ0v) is 15.4. The van der Waals surface area contributed by atoms with E-state index in [4.69, 9.17) is 14.2 Å². The molecule has 0 fully saturated rings. The first-order valence-electron chi connectivity index (χ1n) is 9.26. The molecule has 148 valence electrons. The summed E-state index contributed by atoms with van der Waals surface area (Å²) in [6.45, 7) is 1.39. The molecule has 0 saturated heterocycles. The molecule has 0 spiro atoms. The fourth-order valence-corrected chi connectivity index (χ4v) is 3.43. The van der Waals surface area contributed by atoms with Crippen LogP contribution in [0.4, 0.5) is 4.39 Å². The monoisotopic (exact) mass is 395 g/mol. The van der Waals surface area contributed by atoms with Crippen molar-refractivity contribution < 1.29 is 23.4 Å². The van der Waals surface area contributed by atoms with Gasteiger partial charge in [-0.1, -0.05) is 18.2 Å². The van der Waals surface area contributed by atoms with E-state index < -0.39 is 0 Å². The minimum Gasteiger partial charge on any atom is -0.454 e. The van der Waals surface area contributed by atoms with Gasteiger partial charge in [-0.2, -0.15) is 5.10 Å². The van der Waals surface area contributed by atoms with Gasteiger partial charge in [0.2, 0.25) is 6.79 Å². The third-order valence-corrected chi connectivity index (χ3v) is 5.00. The molecule has 0 bridgehead atoms. The number of benzene rings is 2. The average molecular weight is 395 g/mol. The Kier molecular flexibility index (Phi) is 4.40. The minimum absolute atomic E-state index is 0.188. The number of fused-ring (bicyclic) bond motifs is 2. The average Bonchev–Trinajstić information content (AvgIpc) is 3.38. The Labute approximate surface area is 166 Å². The topological polar surface area (TPSA) is 74.6 Å². The van der Waals surface area contributed by atoms with E-state index in [-0.39, 0.29) is 24.6 Å². The van der Waals surface area contributed by atoms with Crippen molar-refractivity contribution in [1.82, 2.24) is 15.1 Å². The maximum absolute atomic E-state index is 13.0. The summed E-state index contributed by atoms with van der Waals surface area (Å²) in [5, 5.41) is 7.24. The molecule has 1 unspecified atom stereocenters. The van der Waals surface area contributed by atoms with E-state index >= 15 is 0 Å². The van der Waals surface area contributed by atoms with Gasteiger partial charge in [0.25, 0.3) is 5.91 Å². The first-order valence-corrected chi connectivity index (χ1v) is 9.26. The Bertz CT molecular complexity index is 1060. The zero-order valence-electron chi connectivity index (χ0n) is 15.4. The molecule has 29 heavy (non-hydrogen) atoms. The van der Waals surface area contributed by atoms with E-state index in [0.29, 0.717) is 31.1 Å². The molecular formula is C21H18FN3O4. The molecule has 8 heteroatoms. The van der Waals surface area contributed by atoms with E-state index in [0.717, 1.165) is 22.6 Å². The van der Waals surface area contributed by atoms with Crippen molar-refractivity contribution in [3.05, 3.63) is 76.9 Å². The van der Waals surface area contributed by atoms with E-state index in [2.05, 4.69) is 10.4 Å². The molecule has 1 atom stereocenters. The van der Waals surface area contributed by atoms with Gasteiger partial charge in [0, 0.05) is 6.54 Å². The number of hydrogen-bond donors (Lipinski definition) is 1. The second kappa shape index (κ2) is 7.21. The Hall–Kier alpha value is -3.39. The van der Waals surface area contributed by atoms with Crippen LogP contribution in [-0.2, 0) is 24.4 Å². The lowest BCUT2D eigenvalue weighted by Crippen LogP contribution is -2.24. The van der Waals surface area contributed by atoms with Crippen LogP contribution >= 0.6 is 0 Å². The molecule has 1 N–H and O–H groups in total. The number of rotatable bonds is 4. The van der Waals surface area contributed by atoms with Crippen LogP contribution in [0.1, 0.15) is 33.4 Å². The van der Waals surface area contributed by atoms with Gasteiger partial charge in [-0.3, -0.25) is 9.48 Å². The highest BCUT2D eigenvalue weighted by molar-refractivity contribution is 5.92. The fourth-order valence-electron chi connectivity index (χ4n) is 3.43. The van der Waals surface area contributed by atoms with Crippen molar-refractivity contribution in [2.24, 2.45) is 0 Å². The Morgan fingerprint density at radius 3 is 2.83 bits per heavy atom. The van der Waals surface area contributed by atoms with Crippen LogP contribution in [0.5, 0.6) is 11.5 Å². The largest absolute Gasteiger partial charge is 0.454 e. The van der Waals surface area contributed by atoms with Gasteiger partial charge >= 0.3 is 0 Å². The molecule has 0 radical (unpaired) electrons. The van der Waals surface area contributed by atoms with Crippen LogP contribution < -0.4 is 14.8 Å². The lowest BCUT2D eigenvalue weighted by Gasteiger charge is -2.24. The van der Waals surface area contributed by atoms with E-state index in [1.54, 1.807) is 22.9 Å². The Morgan fingerprint density at radius 2 is 1.97 bits per heavy atom. The van der Waals surface area contributed by atoms with Crippen molar-refractivity contribution in [2.75, 3.05) is 6.79 Å². The van der Waals surface area contributed by atoms with E-state index in [1.165, 1.54) is 12.1 Å². The fraction of sp³-hybridized carbons (Fsp3) is 0.238. The van der Waals surface area contributed by atoms with Crippen LogP contribution in [0.15, 0.2) is 48.5 Å². The second-order valence-electron chi connectivity index (χ2n) is 6.92. The van der Waals surface area contributed by atoms with Gasteiger partial charge in [-0.15, -0.1) is 0 Å². The molecule has 3 aromatic rings. The SMILES string of the molecule is O=C(NCc1ccc(F)cc1)c1cc2n(n1)CC(c1ccc3c(c1)OCO3)OC2. The van der Waals surface area contributed by atoms with Crippen molar-refractivity contribution in [1.29, 1.82) is 0 Å². The van der Waals surface area contributed by atoms with Crippen LogP contribution in [0.25, 0.3) is 0 Å². The highest BCUT2D eigenvalue weighted by atomic mass is 19.1. The van der Waals surface area contributed by atoms with Crippen molar-refractivity contribution in [3.8, 4) is 11.5 Å². The summed E-state index contributed by atoms with van der Waals surface area (Å²) in [6, 6.07) is 13.5. The molecule has 2 aliphatic rings. The molecule has 0 aliphatic carbocycles. The van der Waals surface area contributed by atoms with Crippen LogP contribution in [0, 0.1) is 5.82 Å². The number of ether oxygens (including phenoxy) is 3. The molecule has 5 rings (SSSR count). The van der Waals surface area contributed by atoms with Crippen LogP contribution in [0.3, 0.4) is 0 Å². The summed E-state index contributed by atoms with van der Waals surface area (Å²) in [4.78, 5) is 12.4. The number of halogens is 1. The summed E-state index contributed by atoms with van der Waals surface area (Å²) >= 11 is 0. The van der Waals surface area contributed by atoms with Gasteiger partial charge in [0.05, 0.1) is 18.8 Å². The number of aromatic nitrogens is 2. The number of carbonyl (C=O) groups is 1. The smallest absolute Gasteiger partial charge is 0.272 e. The van der Waals surface area contributed by atoms with Gasteiger partial charge in [-0.25, -0.2) is 4.39 Å². The maximum Gasteiger partial charge on any atom is 0.272 e. The number of carbonyl (C=O) groups excluding carboxylic acids is 1. The lowest BCUT2D eigenvalue weighted by molar-refractivity contribution is -0.00128. The summed E-state index contributed by atoms with van der Waals surface area (Å²) in [5.41, 5.74) is 2.96. The van der Waals surface area contributed by atoms with Gasteiger partial charge < -0.3 is 19.5 Å². The third-order valence-electron chi connectivity index (χ3n) is 5.00. The Balaban J connectivity index is 1.26. The first kappa shape index (κ1) is 17.7. The highest BCUT2D eigenvalue weighted by Crippen LogP contribution is 2.36. The number of nitrogens with zero attached hydrogens (tertiary/aromatic N) is 2. The predicted octanol–water partition coefficient (Wildman–Crippen LogP) is 2.95. The zero-order chi connectivity index (χ0) is 19.8. The summed E-state index contributed by atoms with van der Waals surface area (Å²) in [5.74, 6) is 0.845. The molecule has 3 heterocycles. The number of amides is 1. The number of nitrogens with one attached hydrogen (secondary N) is 1. The quantitative estimate of drug-likeness (QED) is 0.735. The molecular weight excluding hydrogens is 377 g/mol. The van der Waals surface area contributed by atoms with Crippen molar-refractivity contribution >= 4 is 5.91 Å². The first-order chi connectivity index (χ1) is 14.2. The molecule has 1 aromatic heterocycles. The van der Waals surface area contributed by atoms with E-state index in [9.17, 15) is 9.18 Å². The number of hydrogen-bond acceptors (Lipinski definition) is 5. The standard InChI is InChI=1S/C21H18FN3O4/c22-15-4-1-13(2-5-15)9-23-21(26)17-8-16-11-27-20(10-25(16)24-17)14-3-6-18-19(7-14)29-12-28-18/h1-8,20H,9-12H2,(H,23,26). The summed E-state index contributed by atoms with van der Waals surface area (Å²) in [7, 11) is 0. The molecule has 7 nitrogen and oxygen atoms in total. The molecule has 0 saturated carbocycles. The molecule has 2 aromatic carbocycles. The summed E-state index contributed by atoms with van der Waals surface area (Å²) < 4.78 is 31.5. The third kappa shape index (κ3) is 3.54. The van der Waals surface area contributed by atoms with Gasteiger partial charge in [0.1, 0.15) is 11.9 Å². The van der Waals surface area contributed by atoms with Crippen molar-refractivity contribution in [3.63, 3.8) is 0 Å². The van der Waals surface area contributed by atoms with Gasteiger partial charge in [0.15, 0.2) is 17.2 Å². The van der Waals surface area contributed by atoms with Crippen molar-refractivity contribution in [2.45, 2.75) is 25.8 Å². The minimum atomic E-state index is -0.307.